The summed E-state index contributed by atoms with van der Waals surface area (Å²) in [4.78, 5) is 0. The van der Waals surface area contributed by atoms with E-state index in [0.29, 0.717) is 5.69 Å². The lowest BCUT2D eigenvalue weighted by molar-refractivity contribution is 0.661. The van der Waals surface area contributed by atoms with Crippen LogP contribution < -0.4 is 11.1 Å². The highest BCUT2D eigenvalue weighted by atomic mass is 79.9. The lowest BCUT2D eigenvalue weighted by Crippen LogP contribution is -2.04. The summed E-state index contributed by atoms with van der Waals surface area (Å²) in [5.74, 6) is 0.848. The van der Waals surface area contributed by atoms with E-state index in [1.54, 1.807) is 0 Å². The van der Waals surface area contributed by atoms with Crippen molar-refractivity contribution in [3.05, 3.63) is 33.9 Å². The summed E-state index contributed by atoms with van der Waals surface area (Å²) in [6.45, 7) is 6.80. The van der Waals surface area contributed by atoms with Crippen LogP contribution in [0.1, 0.15) is 18.2 Å². The normalized spacial score (nSPS) is 10.7. The van der Waals surface area contributed by atoms with E-state index in [1.165, 1.54) is 5.56 Å². The molecule has 0 saturated carbocycles. The zero-order chi connectivity index (χ0) is 13.3. The van der Waals surface area contributed by atoms with E-state index in [2.05, 4.69) is 39.3 Å². The minimum absolute atomic E-state index is 0.699. The monoisotopic (exact) mass is 308 g/mol. The predicted molar refractivity (Wildman–Crippen MR) is 79.2 cm³/mol. The number of aryl methyl sites for hydroxylation is 3. The highest BCUT2D eigenvalue weighted by Crippen LogP contribution is 2.31. The van der Waals surface area contributed by atoms with Crippen molar-refractivity contribution in [2.24, 2.45) is 0 Å². The van der Waals surface area contributed by atoms with E-state index < -0.39 is 0 Å². The minimum Gasteiger partial charge on any atom is -0.394 e. The van der Waals surface area contributed by atoms with E-state index in [0.717, 1.165) is 28.2 Å². The molecule has 3 N–H and O–H groups in total. The molecule has 96 valence electrons. The molecule has 2 rings (SSSR count). The van der Waals surface area contributed by atoms with Gasteiger partial charge in [0.1, 0.15) is 0 Å². The molecule has 0 fully saturated rings. The van der Waals surface area contributed by atoms with E-state index in [4.69, 9.17) is 5.73 Å². The van der Waals surface area contributed by atoms with Crippen molar-refractivity contribution in [1.82, 2.24) is 9.78 Å². The first-order valence-electron chi connectivity index (χ1n) is 5.89. The van der Waals surface area contributed by atoms with Crippen LogP contribution in [-0.4, -0.2) is 9.78 Å². The minimum atomic E-state index is 0.699. The topological polar surface area (TPSA) is 55.9 Å². The molecule has 0 aliphatic rings. The number of nitrogens with zero attached hydrogens (tertiary/aromatic N) is 2. The van der Waals surface area contributed by atoms with Crippen molar-refractivity contribution in [3.63, 3.8) is 0 Å². The van der Waals surface area contributed by atoms with Gasteiger partial charge in [0.15, 0.2) is 5.82 Å². The van der Waals surface area contributed by atoms with Crippen LogP contribution in [0, 0.1) is 13.8 Å². The number of nitrogens with two attached hydrogens (primary N) is 1. The summed E-state index contributed by atoms with van der Waals surface area (Å²) in [7, 11) is 0. The summed E-state index contributed by atoms with van der Waals surface area (Å²) >= 11 is 3.58. The molecule has 0 amide bonds. The van der Waals surface area contributed by atoms with Gasteiger partial charge < -0.3 is 11.1 Å². The number of hydrogen-bond donors (Lipinski definition) is 2. The average molecular weight is 309 g/mol. The SMILES string of the molecule is CCn1nc(C)c(N)c1Nc1cccc(C)c1Br. The number of aromatic nitrogens is 2. The fraction of sp³-hybridized carbons (Fsp3) is 0.308. The molecule has 18 heavy (non-hydrogen) atoms. The Morgan fingerprint density at radius 3 is 2.78 bits per heavy atom. The molecular formula is C13H17BrN4. The largest absolute Gasteiger partial charge is 0.394 e. The molecule has 5 heteroatoms. The van der Waals surface area contributed by atoms with Crippen molar-refractivity contribution in [3.8, 4) is 0 Å². The highest BCUT2D eigenvalue weighted by Gasteiger charge is 2.13. The second-order valence-electron chi connectivity index (χ2n) is 4.22. The van der Waals surface area contributed by atoms with Crippen LogP contribution >= 0.6 is 15.9 Å². The molecule has 2 aromatic rings. The molecule has 4 nitrogen and oxygen atoms in total. The predicted octanol–water partition coefficient (Wildman–Crippen LogP) is 3.61. The van der Waals surface area contributed by atoms with Gasteiger partial charge in [0.25, 0.3) is 0 Å². The fourth-order valence-electron chi connectivity index (χ4n) is 1.83. The molecule has 0 bridgehead atoms. The van der Waals surface area contributed by atoms with Crippen LogP contribution in [0.2, 0.25) is 0 Å². The number of anilines is 3. The summed E-state index contributed by atoms with van der Waals surface area (Å²) in [6.07, 6.45) is 0. The van der Waals surface area contributed by atoms with Gasteiger partial charge in [-0.3, -0.25) is 0 Å². The average Bonchev–Trinajstić information content (AvgIpc) is 2.62. The number of nitrogen functional groups attached to an aromatic ring is 1. The molecule has 1 aromatic heterocycles. The van der Waals surface area contributed by atoms with Crippen molar-refractivity contribution < 1.29 is 0 Å². The van der Waals surface area contributed by atoms with Crippen molar-refractivity contribution in [2.75, 3.05) is 11.1 Å². The van der Waals surface area contributed by atoms with Crippen molar-refractivity contribution >= 4 is 33.1 Å². The third-order valence-corrected chi connectivity index (χ3v) is 3.97. The molecule has 0 unspecified atom stereocenters. The van der Waals surface area contributed by atoms with Gasteiger partial charge in [-0.25, -0.2) is 4.68 Å². The summed E-state index contributed by atoms with van der Waals surface area (Å²) in [6, 6.07) is 6.08. The van der Waals surface area contributed by atoms with Gasteiger partial charge in [-0.2, -0.15) is 5.10 Å². The molecule has 1 heterocycles. The maximum Gasteiger partial charge on any atom is 0.152 e. The molecule has 0 atom stereocenters. The Balaban J connectivity index is 2.43. The summed E-state index contributed by atoms with van der Waals surface area (Å²) in [5.41, 5.74) is 9.78. The Morgan fingerprint density at radius 2 is 2.11 bits per heavy atom. The van der Waals surface area contributed by atoms with Gasteiger partial charge in [-0.1, -0.05) is 12.1 Å². The quantitative estimate of drug-likeness (QED) is 0.910. The van der Waals surface area contributed by atoms with Crippen LogP contribution in [0.4, 0.5) is 17.2 Å². The van der Waals surface area contributed by atoms with Gasteiger partial charge in [-0.15, -0.1) is 0 Å². The summed E-state index contributed by atoms with van der Waals surface area (Å²) in [5, 5.41) is 7.74. The first-order chi connectivity index (χ1) is 8.54. The smallest absolute Gasteiger partial charge is 0.152 e. The van der Waals surface area contributed by atoms with E-state index in [-0.39, 0.29) is 0 Å². The van der Waals surface area contributed by atoms with Crippen molar-refractivity contribution in [2.45, 2.75) is 27.3 Å². The molecule has 1 aromatic carbocycles. The molecule has 0 radical (unpaired) electrons. The Labute approximate surface area is 115 Å². The number of nitrogens with one attached hydrogen (secondary N) is 1. The number of rotatable bonds is 3. The highest BCUT2D eigenvalue weighted by molar-refractivity contribution is 9.10. The van der Waals surface area contributed by atoms with Gasteiger partial charge in [-0.05, 0) is 48.3 Å². The van der Waals surface area contributed by atoms with E-state index >= 15 is 0 Å². The van der Waals surface area contributed by atoms with Gasteiger partial charge in [0.2, 0.25) is 0 Å². The molecular weight excluding hydrogens is 292 g/mol. The first kappa shape index (κ1) is 13.0. The van der Waals surface area contributed by atoms with Crippen LogP contribution in [0.25, 0.3) is 0 Å². The zero-order valence-electron chi connectivity index (χ0n) is 10.8. The maximum absolute atomic E-state index is 6.05. The Bertz CT molecular complexity index is 575. The lowest BCUT2D eigenvalue weighted by Gasteiger charge is -2.12. The Kier molecular flexibility index (Phi) is 3.61. The van der Waals surface area contributed by atoms with Crippen LogP contribution in [0.15, 0.2) is 22.7 Å². The third kappa shape index (κ3) is 2.22. The molecule has 0 aliphatic carbocycles. The van der Waals surface area contributed by atoms with Crippen molar-refractivity contribution in [1.29, 1.82) is 0 Å². The lowest BCUT2D eigenvalue weighted by atomic mass is 10.2. The van der Waals surface area contributed by atoms with E-state index in [9.17, 15) is 0 Å². The van der Waals surface area contributed by atoms with Crippen LogP contribution in [0.5, 0.6) is 0 Å². The number of hydrogen-bond acceptors (Lipinski definition) is 3. The van der Waals surface area contributed by atoms with Gasteiger partial charge >= 0.3 is 0 Å². The third-order valence-electron chi connectivity index (χ3n) is 2.92. The number of benzene rings is 1. The van der Waals surface area contributed by atoms with Crippen LogP contribution in [0.3, 0.4) is 0 Å². The second kappa shape index (κ2) is 5.02. The fourth-order valence-corrected chi connectivity index (χ4v) is 2.19. The maximum atomic E-state index is 6.05. The van der Waals surface area contributed by atoms with Crippen LogP contribution in [-0.2, 0) is 6.54 Å². The standard InChI is InChI=1S/C13H17BrN4/c1-4-18-13(12(15)9(3)17-18)16-10-7-5-6-8(2)11(10)14/h5-7,16H,4,15H2,1-3H3. The Morgan fingerprint density at radius 1 is 1.39 bits per heavy atom. The zero-order valence-corrected chi connectivity index (χ0v) is 12.4. The molecule has 0 saturated heterocycles. The summed E-state index contributed by atoms with van der Waals surface area (Å²) < 4.78 is 2.92. The number of halogens is 1. The second-order valence-corrected chi connectivity index (χ2v) is 5.02. The van der Waals surface area contributed by atoms with E-state index in [1.807, 2.05) is 30.7 Å². The van der Waals surface area contributed by atoms with Gasteiger partial charge in [0, 0.05) is 11.0 Å². The molecule has 0 aliphatic heterocycles. The first-order valence-corrected chi connectivity index (χ1v) is 6.69. The van der Waals surface area contributed by atoms with Gasteiger partial charge in [0.05, 0.1) is 17.1 Å². The molecule has 0 spiro atoms. The Hall–Kier alpha value is -1.49.